The van der Waals surface area contributed by atoms with E-state index in [1.165, 1.54) is 0 Å². The van der Waals surface area contributed by atoms with Crippen molar-refractivity contribution in [3.63, 3.8) is 0 Å². The number of carbonyl (C=O) groups is 2. The fourth-order valence-corrected chi connectivity index (χ4v) is 0.686. The van der Waals surface area contributed by atoms with Gasteiger partial charge in [0.25, 0.3) is 0 Å². The standard InChI is InChI=1S/C7H12O5/c1-2-12-7(11)4-5(8)3-6(9)10/h5,8H,2-4H2,1H3,(H,9,10)/t5-/m0/s1. The first-order chi connectivity index (χ1) is 5.56. The van der Waals surface area contributed by atoms with Gasteiger partial charge in [0, 0.05) is 0 Å². The number of hydrogen-bond donors (Lipinski definition) is 2. The normalized spacial score (nSPS) is 12.2. The molecule has 70 valence electrons. The minimum Gasteiger partial charge on any atom is -0.481 e. The van der Waals surface area contributed by atoms with E-state index < -0.39 is 24.5 Å². The van der Waals surface area contributed by atoms with Gasteiger partial charge in [0.15, 0.2) is 0 Å². The van der Waals surface area contributed by atoms with Crippen LogP contribution in [0.25, 0.3) is 0 Å². The van der Waals surface area contributed by atoms with E-state index in [0.29, 0.717) is 0 Å². The van der Waals surface area contributed by atoms with Crippen LogP contribution < -0.4 is 0 Å². The van der Waals surface area contributed by atoms with Crippen LogP contribution in [0.4, 0.5) is 0 Å². The topological polar surface area (TPSA) is 83.8 Å². The van der Waals surface area contributed by atoms with E-state index in [2.05, 4.69) is 4.74 Å². The summed E-state index contributed by atoms with van der Waals surface area (Å²) in [5.74, 6) is -1.71. The number of rotatable bonds is 5. The van der Waals surface area contributed by atoms with Crippen LogP contribution in [0.15, 0.2) is 0 Å². The molecule has 0 rings (SSSR count). The Balaban J connectivity index is 3.61. The molecule has 0 radical (unpaired) electrons. The number of aliphatic carboxylic acids is 1. The van der Waals surface area contributed by atoms with Crippen LogP contribution in [-0.2, 0) is 14.3 Å². The lowest BCUT2D eigenvalue weighted by molar-refractivity contribution is -0.146. The molecular formula is C7H12O5. The number of hydrogen-bond acceptors (Lipinski definition) is 4. The molecule has 0 aromatic heterocycles. The molecule has 5 heteroatoms. The smallest absolute Gasteiger partial charge is 0.308 e. The minimum atomic E-state index is -1.15. The maximum Gasteiger partial charge on any atom is 0.308 e. The fraction of sp³-hybridized carbons (Fsp3) is 0.714. The summed E-state index contributed by atoms with van der Waals surface area (Å²) in [5.41, 5.74) is 0. The van der Waals surface area contributed by atoms with Gasteiger partial charge in [0.05, 0.1) is 25.6 Å². The van der Waals surface area contributed by atoms with Crippen molar-refractivity contribution in [3.05, 3.63) is 0 Å². The Morgan fingerprint density at radius 3 is 2.42 bits per heavy atom. The molecule has 12 heavy (non-hydrogen) atoms. The van der Waals surface area contributed by atoms with Crippen LogP contribution in [-0.4, -0.2) is 34.9 Å². The molecule has 2 N–H and O–H groups in total. The van der Waals surface area contributed by atoms with Gasteiger partial charge in [-0.2, -0.15) is 0 Å². The Morgan fingerprint density at radius 2 is 2.00 bits per heavy atom. The molecule has 0 aromatic rings. The van der Waals surface area contributed by atoms with Crippen LogP contribution in [0.2, 0.25) is 0 Å². The van der Waals surface area contributed by atoms with E-state index in [1.807, 2.05) is 0 Å². The van der Waals surface area contributed by atoms with Gasteiger partial charge in [-0.15, -0.1) is 0 Å². The minimum absolute atomic E-state index is 0.235. The Kier molecular flexibility index (Phi) is 5.03. The first kappa shape index (κ1) is 10.9. The van der Waals surface area contributed by atoms with Gasteiger partial charge in [0.2, 0.25) is 0 Å². The zero-order chi connectivity index (χ0) is 9.56. The molecule has 0 unspecified atom stereocenters. The Hall–Kier alpha value is -1.10. The van der Waals surface area contributed by atoms with Crippen molar-refractivity contribution in [2.24, 2.45) is 0 Å². The highest BCUT2D eigenvalue weighted by molar-refractivity contribution is 5.72. The van der Waals surface area contributed by atoms with Gasteiger partial charge in [-0.25, -0.2) is 0 Å². The van der Waals surface area contributed by atoms with Crippen molar-refractivity contribution in [1.29, 1.82) is 0 Å². The lowest BCUT2D eigenvalue weighted by atomic mass is 10.2. The average molecular weight is 176 g/mol. The predicted octanol–water partition coefficient (Wildman–Crippen LogP) is -0.225. The van der Waals surface area contributed by atoms with Gasteiger partial charge in [-0.3, -0.25) is 9.59 Å². The van der Waals surface area contributed by atoms with Gasteiger partial charge < -0.3 is 14.9 Å². The average Bonchev–Trinajstić information content (AvgIpc) is 1.84. The molecule has 0 heterocycles. The van der Waals surface area contributed by atoms with Gasteiger partial charge in [-0.05, 0) is 6.92 Å². The Labute approximate surface area is 70.0 Å². The largest absolute Gasteiger partial charge is 0.481 e. The summed E-state index contributed by atoms with van der Waals surface area (Å²) < 4.78 is 4.50. The van der Waals surface area contributed by atoms with Crippen molar-refractivity contribution in [1.82, 2.24) is 0 Å². The molecule has 0 aliphatic carbocycles. The SMILES string of the molecule is CCOC(=O)C[C@@H](O)CC(=O)O. The summed E-state index contributed by atoms with van der Waals surface area (Å²) in [6, 6.07) is 0. The maximum absolute atomic E-state index is 10.7. The molecule has 0 aliphatic rings. The van der Waals surface area contributed by atoms with Crippen LogP contribution >= 0.6 is 0 Å². The van der Waals surface area contributed by atoms with Crippen molar-refractivity contribution < 1.29 is 24.5 Å². The van der Waals surface area contributed by atoms with Crippen molar-refractivity contribution in [3.8, 4) is 0 Å². The van der Waals surface area contributed by atoms with Gasteiger partial charge >= 0.3 is 11.9 Å². The summed E-state index contributed by atoms with van der Waals surface area (Å²) in [6.07, 6.45) is -1.85. The van der Waals surface area contributed by atoms with Crippen LogP contribution in [0, 0.1) is 0 Å². The number of ether oxygens (including phenoxy) is 1. The highest BCUT2D eigenvalue weighted by Gasteiger charge is 2.14. The molecule has 0 fully saturated rings. The molecule has 1 atom stereocenters. The van der Waals surface area contributed by atoms with E-state index in [0.717, 1.165) is 0 Å². The molecule has 5 nitrogen and oxygen atoms in total. The number of carbonyl (C=O) groups excluding carboxylic acids is 1. The third-order valence-corrected chi connectivity index (χ3v) is 1.12. The zero-order valence-electron chi connectivity index (χ0n) is 6.82. The molecule has 0 saturated carbocycles. The summed E-state index contributed by atoms with van der Waals surface area (Å²) in [4.78, 5) is 20.7. The first-order valence-electron chi connectivity index (χ1n) is 3.61. The van der Waals surface area contributed by atoms with Crippen molar-refractivity contribution in [2.75, 3.05) is 6.61 Å². The lowest BCUT2D eigenvalue weighted by Crippen LogP contribution is -2.18. The fourth-order valence-electron chi connectivity index (χ4n) is 0.686. The third kappa shape index (κ3) is 5.67. The highest BCUT2D eigenvalue weighted by Crippen LogP contribution is 1.99. The second kappa shape index (κ2) is 5.54. The summed E-state index contributed by atoms with van der Waals surface area (Å²) in [7, 11) is 0. The van der Waals surface area contributed by atoms with Gasteiger partial charge in [0.1, 0.15) is 0 Å². The number of aliphatic hydroxyl groups excluding tert-OH is 1. The van der Waals surface area contributed by atoms with E-state index in [4.69, 9.17) is 10.2 Å². The molecule has 0 aromatic carbocycles. The summed E-state index contributed by atoms with van der Waals surface area (Å²) >= 11 is 0. The third-order valence-electron chi connectivity index (χ3n) is 1.12. The Bertz CT molecular complexity index is 165. The van der Waals surface area contributed by atoms with E-state index in [-0.39, 0.29) is 13.0 Å². The summed E-state index contributed by atoms with van der Waals surface area (Å²) in [5, 5.41) is 17.1. The molecule has 0 saturated heterocycles. The van der Waals surface area contributed by atoms with E-state index >= 15 is 0 Å². The lowest BCUT2D eigenvalue weighted by Gasteiger charge is -2.06. The van der Waals surface area contributed by atoms with Crippen LogP contribution in [0.1, 0.15) is 19.8 Å². The number of carboxylic acid groups (broad SMARTS) is 1. The highest BCUT2D eigenvalue weighted by atomic mass is 16.5. The van der Waals surface area contributed by atoms with Crippen LogP contribution in [0.5, 0.6) is 0 Å². The van der Waals surface area contributed by atoms with E-state index in [1.54, 1.807) is 6.92 Å². The van der Waals surface area contributed by atoms with Crippen molar-refractivity contribution in [2.45, 2.75) is 25.9 Å². The second-order valence-electron chi connectivity index (χ2n) is 2.26. The maximum atomic E-state index is 10.7. The molecule has 0 spiro atoms. The van der Waals surface area contributed by atoms with Crippen LogP contribution in [0.3, 0.4) is 0 Å². The monoisotopic (exact) mass is 176 g/mol. The van der Waals surface area contributed by atoms with Crippen molar-refractivity contribution >= 4 is 11.9 Å². The van der Waals surface area contributed by atoms with E-state index in [9.17, 15) is 9.59 Å². The molecular weight excluding hydrogens is 164 g/mol. The quantitative estimate of drug-likeness (QED) is 0.565. The Morgan fingerprint density at radius 1 is 1.42 bits per heavy atom. The molecule has 0 aliphatic heterocycles. The number of esters is 1. The predicted molar refractivity (Wildman–Crippen MR) is 39.5 cm³/mol. The molecule has 0 bridgehead atoms. The van der Waals surface area contributed by atoms with Gasteiger partial charge in [-0.1, -0.05) is 0 Å². The molecule has 0 amide bonds. The first-order valence-corrected chi connectivity index (χ1v) is 3.61. The number of aliphatic hydroxyl groups is 1. The second-order valence-corrected chi connectivity index (χ2v) is 2.26. The number of carboxylic acids is 1. The zero-order valence-corrected chi connectivity index (χ0v) is 6.82. The summed E-state index contributed by atoms with van der Waals surface area (Å²) in [6.45, 7) is 1.88.